The molecule has 9 nitrogen and oxygen atoms in total. The fourth-order valence-electron chi connectivity index (χ4n) is 3.07. The number of carbonyl (C=O) groups excluding carboxylic acids is 1. The van der Waals surface area contributed by atoms with Gasteiger partial charge in [0.2, 0.25) is 0 Å². The first-order chi connectivity index (χ1) is 15.8. The van der Waals surface area contributed by atoms with Crippen molar-refractivity contribution in [2.75, 3.05) is 5.32 Å². The number of anilines is 1. The van der Waals surface area contributed by atoms with E-state index in [-0.39, 0.29) is 33.7 Å². The lowest BCUT2D eigenvalue weighted by molar-refractivity contribution is -0.385. The van der Waals surface area contributed by atoms with Gasteiger partial charge in [0.05, 0.1) is 18.0 Å². The summed E-state index contributed by atoms with van der Waals surface area (Å²) in [5, 5.41) is 22.0. The highest BCUT2D eigenvalue weighted by molar-refractivity contribution is 6.33. The monoisotopic (exact) mass is 488 g/mol. The Morgan fingerprint density at radius 2 is 1.82 bits per heavy atom. The van der Waals surface area contributed by atoms with Crippen LogP contribution in [0.1, 0.15) is 21.5 Å². The number of halogens is 3. The number of nitrogens with one attached hydrogen (secondary N) is 1. The molecule has 0 spiro atoms. The predicted octanol–water partition coefficient (Wildman–Crippen LogP) is 4.78. The van der Waals surface area contributed by atoms with Crippen molar-refractivity contribution >= 4 is 40.6 Å². The Morgan fingerprint density at radius 1 is 1.06 bits per heavy atom. The topological polar surface area (TPSA) is 108 Å². The van der Waals surface area contributed by atoms with Crippen molar-refractivity contribution in [3.63, 3.8) is 0 Å². The van der Waals surface area contributed by atoms with E-state index in [2.05, 4.69) is 15.5 Å². The molecule has 0 radical (unpaired) electrons. The van der Waals surface area contributed by atoms with Crippen LogP contribution in [-0.4, -0.2) is 30.4 Å². The maximum Gasteiger partial charge on any atom is 0.307 e. The molecule has 4 rings (SSSR count). The summed E-state index contributed by atoms with van der Waals surface area (Å²) in [7, 11) is 0. The molecule has 4 aromatic rings. The summed E-state index contributed by atoms with van der Waals surface area (Å²) < 4.78 is 16.8. The summed E-state index contributed by atoms with van der Waals surface area (Å²) in [5.74, 6) is -0.779. The molecule has 0 saturated carbocycles. The second-order valence-corrected chi connectivity index (χ2v) is 7.84. The number of rotatable bonds is 7. The Kier molecular flexibility index (Phi) is 6.38. The number of aromatic nitrogens is 4. The molecule has 12 heteroatoms. The zero-order valence-corrected chi connectivity index (χ0v) is 18.3. The largest absolute Gasteiger partial charge is 0.307 e. The van der Waals surface area contributed by atoms with Crippen LogP contribution in [0, 0.1) is 15.9 Å². The minimum absolute atomic E-state index is 0.0430. The molecule has 0 aliphatic carbocycles. The molecule has 0 aliphatic heterocycles. The average molecular weight is 489 g/mol. The third-order valence-electron chi connectivity index (χ3n) is 4.72. The van der Waals surface area contributed by atoms with Crippen LogP contribution >= 0.6 is 23.2 Å². The van der Waals surface area contributed by atoms with Crippen LogP contribution in [0.2, 0.25) is 10.0 Å². The van der Waals surface area contributed by atoms with Gasteiger partial charge < -0.3 is 5.32 Å². The van der Waals surface area contributed by atoms with Gasteiger partial charge in [-0.2, -0.15) is 10.2 Å². The zero-order chi connectivity index (χ0) is 23.5. The number of carbonyl (C=O) groups is 1. The molecule has 1 N–H and O–H groups in total. The van der Waals surface area contributed by atoms with Crippen LogP contribution in [0.25, 0.3) is 0 Å². The number of amides is 1. The lowest BCUT2D eigenvalue weighted by atomic mass is 10.1. The SMILES string of the molecule is O=C(Nc1nn(Cc2c(F)cccc2Cl)cc1Cl)c1ccc(Cn2cc([N+](=O)[O-])cn2)cc1. The molecule has 2 aromatic carbocycles. The number of benzene rings is 2. The molecule has 0 saturated heterocycles. The van der Waals surface area contributed by atoms with Gasteiger partial charge in [0.15, 0.2) is 5.82 Å². The van der Waals surface area contributed by atoms with Gasteiger partial charge in [0, 0.05) is 22.3 Å². The first-order valence-corrected chi connectivity index (χ1v) is 10.3. The van der Waals surface area contributed by atoms with Crippen molar-refractivity contribution in [2.45, 2.75) is 13.1 Å². The summed E-state index contributed by atoms with van der Waals surface area (Å²) >= 11 is 12.2. The summed E-state index contributed by atoms with van der Waals surface area (Å²) in [6.45, 7) is 0.353. The summed E-state index contributed by atoms with van der Waals surface area (Å²) in [5.41, 5.74) is 1.32. The highest BCUT2D eigenvalue weighted by Crippen LogP contribution is 2.24. The Morgan fingerprint density at radius 3 is 2.48 bits per heavy atom. The van der Waals surface area contributed by atoms with Crippen LogP contribution in [0.3, 0.4) is 0 Å². The smallest absolute Gasteiger partial charge is 0.304 e. The maximum atomic E-state index is 14.0. The molecule has 33 heavy (non-hydrogen) atoms. The molecule has 0 aliphatic rings. The van der Waals surface area contributed by atoms with Crippen molar-refractivity contribution in [1.82, 2.24) is 19.6 Å². The minimum atomic E-state index is -0.520. The van der Waals surface area contributed by atoms with Crippen molar-refractivity contribution in [3.05, 3.63) is 104 Å². The molecule has 2 heterocycles. The normalized spacial score (nSPS) is 10.9. The molecule has 2 aromatic heterocycles. The lowest BCUT2D eigenvalue weighted by Crippen LogP contribution is -2.13. The van der Waals surface area contributed by atoms with Crippen LogP contribution < -0.4 is 5.32 Å². The molecular weight excluding hydrogens is 474 g/mol. The van der Waals surface area contributed by atoms with Gasteiger partial charge in [0.1, 0.15) is 23.2 Å². The molecule has 0 unspecified atom stereocenters. The first kappa shape index (κ1) is 22.4. The minimum Gasteiger partial charge on any atom is -0.304 e. The third-order valence-corrected chi connectivity index (χ3v) is 5.35. The van der Waals surface area contributed by atoms with Gasteiger partial charge in [0.25, 0.3) is 5.91 Å². The number of nitrogens with zero attached hydrogens (tertiary/aromatic N) is 5. The first-order valence-electron chi connectivity index (χ1n) is 9.53. The van der Waals surface area contributed by atoms with Crippen LogP contribution in [0.15, 0.2) is 61.1 Å². The van der Waals surface area contributed by atoms with Crippen molar-refractivity contribution in [2.24, 2.45) is 0 Å². The van der Waals surface area contributed by atoms with E-state index in [1.54, 1.807) is 30.3 Å². The van der Waals surface area contributed by atoms with Gasteiger partial charge in [-0.05, 0) is 29.8 Å². The van der Waals surface area contributed by atoms with Crippen molar-refractivity contribution in [3.8, 4) is 0 Å². The highest BCUT2D eigenvalue weighted by Gasteiger charge is 2.15. The number of hydrogen-bond donors (Lipinski definition) is 1. The van der Waals surface area contributed by atoms with E-state index in [9.17, 15) is 19.3 Å². The fraction of sp³-hybridized carbons (Fsp3) is 0.0952. The van der Waals surface area contributed by atoms with Crippen LogP contribution in [0.5, 0.6) is 0 Å². The standard InChI is InChI=1S/C21H15Cl2FN6O3/c22-17-2-1-3-19(24)16(17)11-29-12-18(23)20(27-29)26-21(31)14-6-4-13(5-7-14)9-28-10-15(8-25-28)30(32)33/h1-8,10,12H,9,11H2,(H,26,27,31). The summed E-state index contributed by atoms with van der Waals surface area (Å²) in [6.07, 6.45) is 3.96. The zero-order valence-electron chi connectivity index (χ0n) is 16.8. The Balaban J connectivity index is 1.42. The molecule has 0 fully saturated rings. The Bertz CT molecular complexity index is 1320. The fourth-order valence-corrected chi connectivity index (χ4v) is 3.49. The average Bonchev–Trinajstić information content (AvgIpc) is 3.38. The Labute approximate surface area is 196 Å². The van der Waals surface area contributed by atoms with E-state index in [1.807, 2.05) is 0 Å². The second-order valence-electron chi connectivity index (χ2n) is 7.03. The second kappa shape index (κ2) is 9.39. The highest BCUT2D eigenvalue weighted by atomic mass is 35.5. The third kappa shape index (κ3) is 5.18. The summed E-state index contributed by atoms with van der Waals surface area (Å²) in [4.78, 5) is 22.8. The van der Waals surface area contributed by atoms with Gasteiger partial charge in [-0.25, -0.2) is 4.39 Å². The molecular formula is C21H15Cl2FN6O3. The number of hydrogen-bond acceptors (Lipinski definition) is 5. The van der Waals surface area contributed by atoms with Crippen LogP contribution in [-0.2, 0) is 13.1 Å². The maximum absolute atomic E-state index is 14.0. The molecule has 168 valence electrons. The molecule has 0 bridgehead atoms. The van der Waals surface area contributed by atoms with E-state index < -0.39 is 16.6 Å². The van der Waals surface area contributed by atoms with E-state index in [0.29, 0.717) is 12.1 Å². The van der Waals surface area contributed by atoms with Gasteiger partial charge in [-0.3, -0.25) is 24.3 Å². The van der Waals surface area contributed by atoms with Crippen molar-refractivity contribution < 1.29 is 14.1 Å². The van der Waals surface area contributed by atoms with E-state index in [1.165, 1.54) is 40.1 Å². The van der Waals surface area contributed by atoms with E-state index >= 15 is 0 Å². The predicted molar refractivity (Wildman–Crippen MR) is 120 cm³/mol. The molecule has 0 atom stereocenters. The lowest BCUT2D eigenvalue weighted by Gasteiger charge is -2.06. The van der Waals surface area contributed by atoms with E-state index in [0.717, 1.165) is 5.56 Å². The molecule has 1 amide bonds. The number of nitro groups is 1. The summed E-state index contributed by atoms with van der Waals surface area (Å²) in [6, 6.07) is 11.0. The van der Waals surface area contributed by atoms with Crippen LogP contribution in [0.4, 0.5) is 15.9 Å². The van der Waals surface area contributed by atoms with Gasteiger partial charge in [-0.1, -0.05) is 41.4 Å². The van der Waals surface area contributed by atoms with Crippen molar-refractivity contribution in [1.29, 1.82) is 0 Å². The van der Waals surface area contributed by atoms with Gasteiger partial charge in [-0.15, -0.1) is 0 Å². The quantitative estimate of drug-likeness (QED) is 0.297. The van der Waals surface area contributed by atoms with E-state index in [4.69, 9.17) is 23.2 Å². The Hall–Kier alpha value is -3.76. The van der Waals surface area contributed by atoms with Gasteiger partial charge >= 0.3 is 5.69 Å².